The van der Waals surface area contributed by atoms with Gasteiger partial charge in [-0.05, 0) is 49.2 Å². The summed E-state index contributed by atoms with van der Waals surface area (Å²) in [5, 5.41) is 26.7. The number of unbranched alkanes of at least 4 members (excludes halogenated alkanes) is 2. The van der Waals surface area contributed by atoms with Crippen molar-refractivity contribution in [2.24, 2.45) is 0 Å². The number of nitrogen functional groups attached to an aromatic ring is 1. The number of aromatic nitrogens is 2. The summed E-state index contributed by atoms with van der Waals surface area (Å²) in [4.78, 5) is 19.3. The van der Waals surface area contributed by atoms with Gasteiger partial charge in [-0.15, -0.1) is 0 Å². The van der Waals surface area contributed by atoms with E-state index in [2.05, 4.69) is 66.3 Å². The second kappa shape index (κ2) is 21.2. The average Bonchev–Trinajstić information content (AvgIpc) is 3.02. The number of hydrogen-bond donors (Lipinski definition) is 3. The van der Waals surface area contributed by atoms with Crippen LogP contribution in [0.2, 0.25) is 0 Å². The summed E-state index contributed by atoms with van der Waals surface area (Å²) in [6, 6.07) is 13.2. The Morgan fingerprint density at radius 3 is 1.82 bits per heavy atom. The maximum Gasteiger partial charge on any atom is 0.311 e. The molecule has 0 fully saturated rings. The fourth-order valence-corrected chi connectivity index (χ4v) is 4.75. The number of hydrogen-bond acceptors (Lipinski definition) is 10. The number of halogens is 2. The molecule has 4 N–H and O–H groups in total. The van der Waals surface area contributed by atoms with E-state index < -0.39 is 4.92 Å². The second-order valence-electron chi connectivity index (χ2n) is 9.70. The zero-order valence-corrected chi connectivity index (χ0v) is 29.1. The summed E-state index contributed by atoms with van der Waals surface area (Å²) in [5.74, 6) is 0. The van der Waals surface area contributed by atoms with Crippen LogP contribution in [-0.4, -0.2) is 54.4 Å². The molecule has 0 amide bonds. The molecule has 11 nitrogen and oxygen atoms in total. The van der Waals surface area contributed by atoms with E-state index in [1.54, 1.807) is 12.3 Å². The molecule has 0 radical (unpaired) electrons. The molecule has 0 spiro atoms. The number of rotatable bonds is 15. The predicted octanol–water partition coefficient (Wildman–Crippen LogP) is 8.47. The Morgan fingerprint density at radius 1 is 0.867 bits per heavy atom. The maximum atomic E-state index is 11.2. The molecule has 4 aromatic rings. The number of nitrogens with two attached hydrogens (primary N) is 1. The van der Waals surface area contributed by atoms with E-state index >= 15 is 0 Å². The van der Waals surface area contributed by atoms with Crippen LogP contribution in [0.3, 0.4) is 0 Å². The molecule has 0 saturated heterocycles. The van der Waals surface area contributed by atoms with Gasteiger partial charge in [0.05, 0.1) is 52.8 Å². The van der Waals surface area contributed by atoms with Gasteiger partial charge in [-0.2, -0.15) is 5.26 Å². The van der Waals surface area contributed by atoms with Crippen LogP contribution in [0.25, 0.3) is 21.8 Å². The van der Waals surface area contributed by atoms with Crippen LogP contribution < -0.4 is 16.4 Å². The molecular weight excluding hydrogens is 706 g/mol. The molecule has 0 bridgehead atoms. The third-order valence-corrected chi connectivity index (χ3v) is 7.24. The Bertz CT molecular complexity index is 1550. The highest BCUT2D eigenvalue weighted by Gasteiger charge is 2.18. The number of anilines is 3. The lowest BCUT2D eigenvalue weighted by Crippen LogP contribution is -2.11. The number of nitriles is 1. The lowest BCUT2D eigenvalue weighted by Gasteiger charge is -2.12. The number of ether oxygens (including phenoxy) is 2. The van der Waals surface area contributed by atoms with E-state index in [-0.39, 0.29) is 5.69 Å². The van der Waals surface area contributed by atoms with Crippen molar-refractivity contribution in [3.8, 4) is 6.07 Å². The van der Waals surface area contributed by atoms with Crippen LogP contribution in [-0.2, 0) is 9.47 Å². The van der Waals surface area contributed by atoms with Gasteiger partial charge in [-0.3, -0.25) is 15.1 Å². The minimum Gasteiger partial charge on any atom is -0.396 e. The molecule has 2 heterocycles. The molecular formula is C32H41Br2N7O4. The molecule has 0 aliphatic carbocycles. The Labute approximate surface area is 281 Å². The van der Waals surface area contributed by atoms with Crippen LogP contribution in [0.5, 0.6) is 0 Å². The first-order chi connectivity index (χ1) is 21.8. The Balaban J connectivity index is 0.000000289. The summed E-state index contributed by atoms with van der Waals surface area (Å²) in [6.07, 6.45) is 7.35. The Kier molecular flexibility index (Phi) is 17.7. The molecule has 0 aliphatic heterocycles. The third-order valence-electron chi connectivity index (χ3n) is 6.25. The summed E-state index contributed by atoms with van der Waals surface area (Å²) in [6.45, 7) is 9.66. The molecule has 0 unspecified atom stereocenters. The summed E-state index contributed by atoms with van der Waals surface area (Å²) >= 11 is 6.83. The van der Waals surface area contributed by atoms with E-state index in [1.165, 1.54) is 13.1 Å². The van der Waals surface area contributed by atoms with Gasteiger partial charge in [-0.25, -0.2) is 4.98 Å². The van der Waals surface area contributed by atoms with Gasteiger partial charge in [0.25, 0.3) is 0 Å². The van der Waals surface area contributed by atoms with Gasteiger partial charge in [0.1, 0.15) is 11.9 Å². The van der Waals surface area contributed by atoms with Gasteiger partial charge in [0.2, 0.25) is 0 Å². The Morgan fingerprint density at radius 2 is 1.33 bits per heavy atom. The zero-order chi connectivity index (χ0) is 33.0. The average molecular weight is 748 g/mol. The first-order valence-corrected chi connectivity index (χ1v) is 16.4. The van der Waals surface area contributed by atoms with Gasteiger partial charge in [-0.1, -0.05) is 58.5 Å². The van der Waals surface area contributed by atoms with Crippen LogP contribution in [0.1, 0.15) is 46.5 Å². The summed E-state index contributed by atoms with van der Waals surface area (Å²) in [7, 11) is 0. The fraction of sp³-hybridized carbons (Fsp3) is 0.406. The van der Waals surface area contributed by atoms with Crippen LogP contribution in [0, 0.1) is 21.4 Å². The minimum atomic E-state index is -0.422. The SMILES string of the molecule is CC#N.CCCCOCCNc1c(N)cnc2cc(Br)ccc12.CCCCOCCNc1c([N+](=O)[O-])cnc2cc(Br)ccc12. The molecule has 4 rings (SSSR count). The first-order valence-electron chi connectivity index (χ1n) is 14.8. The number of fused-ring (bicyclic) bond motifs is 2. The van der Waals surface area contributed by atoms with Crippen LogP contribution >= 0.6 is 31.9 Å². The predicted molar refractivity (Wildman–Crippen MR) is 190 cm³/mol. The van der Waals surface area contributed by atoms with Crippen molar-refractivity contribution >= 4 is 76.4 Å². The van der Waals surface area contributed by atoms with Gasteiger partial charge < -0.3 is 25.8 Å². The van der Waals surface area contributed by atoms with Gasteiger partial charge in [0.15, 0.2) is 0 Å². The molecule has 0 saturated carbocycles. The molecule has 2 aromatic carbocycles. The van der Waals surface area contributed by atoms with Crippen LogP contribution in [0.15, 0.2) is 57.7 Å². The van der Waals surface area contributed by atoms with E-state index in [0.717, 1.165) is 69.8 Å². The fourth-order valence-electron chi connectivity index (χ4n) is 4.05. The number of benzene rings is 2. The molecule has 0 aliphatic rings. The van der Waals surface area contributed by atoms with Crippen molar-refractivity contribution in [3.63, 3.8) is 0 Å². The number of pyridine rings is 2. The largest absolute Gasteiger partial charge is 0.396 e. The quantitative estimate of drug-likeness (QED) is 0.0611. The van der Waals surface area contributed by atoms with E-state index in [4.69, 9.17) is 20.5 Å². The number of nitro groups is 1. The highest BCUT2D eigenvalue weighted by Crippen LogP contribution is 2.33. The standard InChI is InChI=1S/C15H18BrN3O3.C15H20BrN3O.C2H3N/c1-2-3-7-22-8-6-17-15-12-5-4-11(16)9-13(12)18-10-14(15)19(20)21;1-2-3-7-20-8-6-18-15-12-5-4-11(16)9-14(12)19-10-13(15)17;1-2-3/h4-5,9-10H,2-3,6-8H2,1H3,(H,17,18);4-5,9-10H,2-3,6-8,17H2,1H3,(H,18,19);1H3. The molecule has 45 heavy (non-hydrogen) atoms. The van der Waals surface area contributed by atoms with Crippen molar-refractivity contribution < 1.29 is 14.4 Å². The highest BCUT2D eigenvalue weighted by molar-refractivity contribution is 9.10. The van der Waals surface area contributed by atoms with Gasteiger partial charge in [0, 0.05) is 52.9 Å². The van der Waals surface area contributed by atoms with Crippen molar-refractivity contribution in [1.82, 2.24) is 9.97 Å². The minimum absolute atomic E-state index is 0.0246. The Hall–Kier alpha value is -3.57. The van der Waals surface area contributed by atoms with E-state index in [0.29, 0.717) is 43.3 Å². The van der Waals surface area contributed by atoms with Crippen LogP contribution in [0.4, 0.5) is 22.7 Å². The van der Waals surface area contributed by atoms with Crippen molar-refractivity contribution in [2.45, 2.75) is 46.5 Å². The van der Waals surface area contributed by atoms with Crippen molar-refractivity contribution in [2.75, 3.05) is 55.9 Å². The normalized spacial score (nSPS) is 10.3. The second-order valence-corrected chi connectivity index (χ2v) is 11.5. The maximum absolute atomic E-state index is 11.2. The molecule has 2 aromatic heterocycles. The third kappa shape index (κ3) is 12.8. The van der Waals surface area contributed by atoms with E-state index in [9.17, 15) is 10.1 Å². The molecule has 242 valence electrons. The lowest BCUT2D eigenvalue weighted by molar-refractivity contribution is -0.384. The number of nitrogens with one attached hydrogen (secondary N) is 2. The first kappa shape index (κ1) is 37.6. The summed E-state index contributed by atoms with van der Waals surface area (Å²) < 4.78 is 12.9. The summed E-state index contributed by atoms with van der Waals surface area (Å²) in [5.41, 5.74) is 9.69. The monoisotopic (exact) mass is 745 g/mol. The number of nitrogens with zero attached hydrogens (tertiary/aromatic N) is 4. The lowest BCUT2D eigenvalue weighted by atomic mass is 10.1. The smallest absolute Gasteiger partial charge is 0.311 e. The highest BCUT2D eigenvalue weighted by atomic mass is 79.9. The van der Waals surface area contributed by atoms with Crippen molar-refractivity contribution in [3.05, 3.63) is 67.9 Å². The van der Waals surface area contributed by atoms with Gasteiger partial charge >= 0.3 is 5.69 Å². The topological polar surface area (TPSA) is 161 Å². The zero-order valence-electron chi connectivity index (χ0n) is 25.9. The molecule has 0 atom stereocenters. The van der Waals surface area contributed by atoms with Crippen molar-refractivity contribution in [1.29, 1.82) is 5.26 Å². The molecule has 13 heteroatoms. The van der Waals surface area contributed by atoms with E-state index in [1.807, 2.05) is 36.4 Å².